The van der Waals surface area contributed by atoms with E-state index < -0.39 is 11.8 Å². The number of carbonyl (C=O) groups excluding carboxylic acids is 1. The largest absolute Gasteiger partial charge is 0.614 e. The number of fused-ring (bicyclic) bond motifs is 1. The van der Waals surface area contributed by atoms with Gasteiger partial charge in [-0.2, -0.15) is 0 Å². The standard InChI is InChI=1S/C11H9FN2O4/c1-2-18-11(15)8-3-7-4-9(12)6-14(17)10(7)13(16)5-8/h3-6H,2H2,1H3. The van der Waals surface area contributed by atoms with E-state index in [0.717, 1.165) is 12.3 Å². The second kappa shape index (κ2) is 4.44. The van der Waals surface area contributed by atoms with Gasteiger partial charge in [0.2, 0.25) is 12.4 Å². The minimum absolute atomic E-state index is 0.0329. The molecule has 0 bridgehead atoms. The van der Waals surface area contributed by atoms with Gasteiger partial charge in [-0.25, -0.2) is 9.18 Å². The minimum Gasteiger partial charge on any atom is -0.614 e. The highest BCUT2D eigenvalue weighted by Gasteiger charge is 2.21. The number of hydrogen-bond acceptors (Lipinski definition) is 4. The zero-order valence-corrected chi connectivity index (χ0v) is 9.42. The van der Waals surface area contributed by atoms with Crippen molar-refractivity contribution >= 4 is 17.0 Å². The Labute approximate surface area is 101 Å². The molecule has 0 aliphatic rings. The first-order valence-electron chi connectivity index (χ1n) is 5.15. The van der Waals surface area contributed by atoms with Crippen molar-refractivity contribution < 1.29 is 23.4 Å². The van der Waals surface area contributed by atoms with E-state index in [9.17, 15) is 19.6 Å². The van der Waals surface area contributed by atoms with Crippen molar-refractivity contribution in [2.45, 2.75) is 6.92 Å². The van der Waals surface area contributed by atoms with Crippen LogP contribution in [0.3, 0.4) is 0 Å². The third-order valence-electron chi connectivity index (χ3n) is 2.29. The lowest BCUT2D eigenvalue weighted by atomic mass is 10.2. The summed E-state index contributed by atoms with van der Waals surface area (Å²) < 4.78 is 18.1. The second-order valence-corrected chi connectivity index (χ2v) is 3.54. The summed E-state index contributed by atoms with van der Waals surface area (Å²) in [7, 11) is 0. The Balaban J connectivity index is 2.65. The van der Waals surface area contributed by atoms with Crippen LogP contribution in [0.5, 0.6) is 0 Å². The first kappa shape index (κ1) is 12.0. The number of nitrogens with zero attached hydrogens (tertiary/aromatic N) is 2. The molecule has 7 heteroatoms. The Morgan fingerprint density at radius 3 is 2.67 bits per heavy atom. The molecule has 18 heavy (non-hydrogen) atoms. The fraction of sp³-hybridized carbons (Fsp3) is 0.182. The Hall–Kier alpha value is -2.44. The van der Waals surface area contributed by atoms with Crippen LogP contribution >= 0.6 is 0 Å². The van der Waals surface area contributed by atoms with Gasteiger partial charge in [-0.1, -0.05) is 0 Å². The van der Waals surface area contributed by atoms with E-state index in [1.165, 1.54) is 6.07 Å². The lowest BCUT2D eigenvalue weighted by Crippen LogP contribution is -2.42. The van der Waals surface area contributed by atoms with Gasteiger partial charge in [0.1, 0.15) is 10.9 Å². The van der Waals surface area contributed by atoms with Crippen LogP contribution in [-0.2, 0) is 4.74 Å². The van der Waals surface area contributed by atoms with Gasteiger partial charge in [0.15, 0.2) is 5.82 Å². The summed E-state index contributed by atoms with van der Waals surface area (Å²) >= 11 is 0. The summed E-state index contributed by atoms with van der Waals surface area (Å²) in [5.74, 6) is -1.50. The minimum atomic E-state index is -0.793. The molecule has 0 radical (unpaired) electrons. The highest BCUT2D eigenvalue weighted by molar-refractivity contribution is 5.91. The van der Waals surface area contributed by atoms with E-state index in [-0.39, 0.29) is 32.7 Å². The Morgan fingerprint density at radius 2 is 2.00 bits per heavy atom. The van der Waals surface area contributed by atoms with E-state index in [0.29, 0.717) is 6.20 Å². The fourth-order valence-electron chi connectivity index (χ4n) is 1.60. The molecule has 2 aromatic rings. The topological polar surface area (TPSA) is 80.2 Å². The van der Waals surface area contributed by atoms with Crippen molar-refractivity contribution in [1.82, 2.24) is 0 Å². The number of esters is 1. The average molecular weight is 252 g/mol. The average Bonchev–Trinajstić information content (AvgIpc) is 2.27. The molecule has 0 saturated carbocycles. The second-order valence-electron chi connectivity index (χ2n) is 3.54. The molecule has 0 unspecified atom stereocenters. The van der Waals surface area contributed by atoms with Crippen molar-refractivity contribution in [3.63, 3.8) is 0 Å². The Morgan fingerprint density at radius 1 is 1.33 bits per heavy atom. The predicted molar refractivity (Wildman–Crippen MR) is 57.8 cm³/mol. The third-order valence-corrected chi connectivity index (χ3v) is 2.29. The number of carbonyl (C=O) groups is 1. The molecule has 0 amide bonds. The summed E-state index contributed by atoms with van der Waals surface area (Å²) in [5, 5.41) is 23.0. The molecule has 0 atom stereocenters. The van der Waals surface area contributed by atoms with E-state index in [4.69, 9.17) is 4.74 Å². The molecule has 2 heterocycles. The summed E-state index contributed by atoms with van der Waals surface area (Å²) in [4.78, 5) is 11.5. The molecule has 0 spiro atoms. The Bertz CT molecular complexity index is 630. The molecule has 94 valence electrons. The monoisotopic (exact) mass is 252 g/mol. The van der Waals surface area contributed by atoms with Gasteiger partial charge < -0.3 is 15.2 Å². The van der Waals surface area contributed by atoms with Crippen LogP contribution in [-0.4, -0.2) is 12.6 Å². The maximum absolute atomic E-state index is 13.1. The summed E-state index contributed by atoms with van der Waals surface area (Å²) in [6.45, 7) is 1.77. The van der Waals surface area contributed by atoms with Gasteiger partial charge in [-0.05, 0) is 13.0 Å². The number of hydrogen-bond donors (Lipinski definition) is 0. The number of rotatable bonds is 2. The van der Waals surface area contributed by atoms with E-state index in [2.05, 4.69) is 0 Å². The van der Waals surface area contributed by atoms with Gasteiger partial charge >= 0.3 is 11.6 Å². The smallest absolute Gasteiger partial charge is 0.474 e. The number of aromatic nitrogens is 2. The molecule has 0 aliphatic heterocycles. The van der Waals surface area contributed by atoms with Crippen LogP contribution in [0.15, 0.2) is 24.5 Å². The molecule has 0 saturated heterocycles. The van der Waals surface area contributed by atoms with Gasteiger partial charge in [-0.15, -0.1) is 9.46 Å². The SMILES string of the molecule is CCOC(=O)c1cc2cc(F)c[n+]([O-])c2[n+]([O-])c1. The van der Waals surface area contributed by atoms with Crippen LogP contribution in [0.1, 0.15) is 17.3 Å². The van der Waals surface area contributed by atoms with Crippen LogP contribution in [0.4, 0.5) is 4.39 Å². The molecule has 0 N–H and O–H groups in total. The lowest BCUT2D eigenvalue weighted by molar-refractivity contribution is -0.692. The molecule has 0 fully saturated rings. The van der Waals surface area contributed by atoms with E-state index >= 15 is 0 Å². The van der Waals surface area contributed by atoms with Gasteiger partial charge in [0.25, 0.3) is 0 Å². The highest BCUT2D eigenvalue weighted by Crippen LogP contribution is 2.11. The van der Waals surface area contributed by atoms with Crippen molar-refractivity contribution in [3.8, 4) is 0 Å². The number of pyridine rings is 2. The normalized spacial score (nSPS) is 10.6. The van der Waals surface area contributed by atoms with Gasteiger partial charge in [-0.3, -0.25) is 0 Å². The number of halogens is 1. The van der Waals surface area contributed by atoms with Crippen molar-refractivity contribution in [2.75, 3.05) is 6.61 Å². The quantitative estimate of drug-likeness (QED) is 0.441. The zero-order chi connectivity index (χ0) is 13.3. The molecular formula is C11H9FN2O4. The van der Waals surface area contributed by atoms with E-state index in [1.807, 2.05) is 0 Å². The van der Waals surface area contributed by atoms with Crippen LogP contribution in [0, 0.1) is 16.2 Å². The molecular weight excluding hydrogens is 243 g/mol. The van der Waals surface area contributed by atoms with Crippen molar-refractivity contribution in [1.29, 1.82) is 0 Å². The third kappa shape index (κ3) is 2.02. The molecule has 0 aromatic carbocycles. The van der Waals surface area contributed by atoms with Crippen LogP contribution in [0.2, 0.25) is 0 Å². The first-order chi connectivity index (χ1) is 8.52. The Kier molecular flexibility index (Phi) is 2.97. The molecule has 6 nitrogen and oxygen atoms in total. The first-order valence-corrected chi connectivity index (χ1v) is 5.15. The maximum atomic E-state index is 13.1. The highest BCUT2D eigenvalue weighted by atomic mass is 19.1. The van der Waals surface area contributed by atoms with Crippen LogP contribution in [0.25, 0.3) is 11.0 Å². The van der Waals surface area contributed by atoms with Crippen molar-refractivity contribution in [2.24, 2.45) is 0 Å². The zero-order valence-electron chi connectivity index (χ0n) is 9.42. The number of ether oxygens (including phenoxy) is 1. The van der Waals surface area contributed by atoms with Gasteiger partial charge in [0.05, 0.1) is 6.61 Å². The predicted octanol–water partition coefficient (Wildman–Crippen LogP) is 0.422. The maximum Gasteiger partial charge on any atom is 0.474 e. The molecule has 2 aromatic heterocycles. The van der Waals surface area contributed by atoms with Gasteiger partial charge in [0, 0.05) is 6.07 Å². The summed E-state index contributed by atoms with van der Waals surface area (Å²) in [6, 6.07) is 2.24. The van der Waals surface area contributed by atoms with Crippen molar-refractivity contribution in [3.05, 3.63) is 46.3 Å². The molecule has 2 rings (SSSR count). The summed E-state index contributed by atoms with van der Waals surface area (Å²) in [6.07, 6.45) is 1.56. The lowest BCUT2D eigenvalue weighted by Gasteiger charge is -2.05. The fourth-order valence-corrected chi connectivity index (χ4v) is 1.60. The van der Waals surface area contributed by atoms with E-state index in [1.54, 1.807) is 6.92 Å². The van der Waals surface area contributed by atoms with Crippen LogP contribution < -0.4 is 9.46 Å². The summed E-state index contributed by atoms with van der Waals surface area (Å²) in [5.41, 5.74) is -0.325. The molecule has 0 aliphatic carbocycles.